The highest BCUT2D eigenvalue weighted by Gasteiger charge is 2.31. The number of amides is 1. The third-order valence-corrected chi connectivity index (χ3v) is 9.11. The Kier molecular flexibility index (Phi) is 8.29. The van der Waals surface area contributed by atoms with Crippen LogP contribution >= 0.6 is 11.6 Å². The summed E-state index contributed by atoms with van der Waals surface area (Å²) in [5.74, 6) is 0.154. The number of carbonyl (C=O) groups excluding carboxylic acids is 1. The lowest BCUT2D eigenvalue weighted by Crippen LogP contribution is -2.42. The number of aromatic nitrogens is 1. The summed E-state index contributed by atoms with van der Waals surface area (Å²) in [5, 5.41) is 6.72. The number of nitrogens with zero attached hydrogens (tertiary/aromatic N) is 3. The molecule has 10 nitrogen and oxygen atoms in total. The van der Waals surface area contributed by atoms with Crippen molar-refractivity contribution in [2.24, 2.45) is 11.8 Å². The summed E-state index contributed by atoms with van der Waals surface area (Å²) in [6.45, 7) is 8.15. The third kappa shape index (κ3) is 5.79. The monoisotopic (exact) mass is 579 g/mol. The molecule has 3 unspecified atom stereocenters. The maximum absolute atomic E-state index is 13.3. The van der Waals surface area contributed by atoms with Gasteiger partial charge in [-0.25, -0.2) is 8.42 Å². The van der Waals surface area contributed by atoms with Crippen LogP contribution in [0, 0.1) is 25.7 Å². The molecule has 1 saturated heterocycles. The van der Waals surface area contributed by atoms with Gasteiger partial charge < -0.3 is 14.4 Å². The van der Waals surface area contributed by atoms with Crippen molar-refractivity contribution in [2.45, 2.75) is 39.0 Å². The Morgan fingerprint density at radius 1 is 1.16 bits per heavy atom. The van der Waals surface area contributed by atoms with Gasteiger partial charge in [-0.05, 0) is 74.6 Å². The maximum atomic E-state index is 13.3. The van der Waals surface area contributed by atoms with Crippen LogP contribution in [0.25, 0.3) is 0 Å². The topological polar surface area (TPSA) is 136 Å². The van der Waals surface area contributed by atoms with Crippen LogP contribution in [-0.2, 0) is 21.3 Å². The zero-order chi connectivity index (χ0) is 27.8. The van der Waals surface area contributed by atoms with Gasteiger partial charge in [-0.1, -0.05) is 30.6 Å². The molecule has 0 radical (unpaired) electrons. The first-order chi connectivity index (χ1) is 17.9. The van der Waals surface area contributed by atoms with Crippen molar-refractivity contribution >= 4 is 55.9 Å². The van der Waals surface area contributed by atoms with E-state index in [9.17, 15) is 22.0 Å². The van der Waals surface area contributed by atoms with Crippen LogP contribution in [0.5, 0.6) is 0 Å². The molecular weight excluding hydrogens is 552 g/mol. The number of piperidine rings is 1. The Labute approximate surface area is 229 Å². The molecule has 0 saturated carbocycles. The largest absolute Gasteiger partial charge is 0.755 e. The van der Waals surface area contributed by atoms with Gasteiger partial charge in [-0.2, -0.15) is 4.31 Å². The Hall–Kier alpha value is -2.77. The fourth-order valence-electron chi connectivity index (χ4n) is 4.77. The lowest BCUT2D eigenvalue weighted by atomic mass is 9.94. The average Bonchev–Trinajstić information content (AvgIpc) is 3.17. The fraction of sp³-hybridized carbons (Fsp3) is 0.360. The minimum atomic E-state index is -3.68. The Morgan fingerprint density at radius 3 is 2.34 bits per heavy atom. The van der Waals surface area contributed by atoms with Crippen LogP contribution in [-0.4, -0.2) is 45.6 Å². The maximum Gasteiger partial charge on any atom is 0.257 e. The SMILES string of the molecule is Cc1noc(C)c1N(c1ccc(Cl)cc1C(=O)Nc1ccc(S(=O)(=O)N2CC(C)CC(C)C2)cc1)S(=O)[O-]. The van der Waals surface area contributed by atoms with Crippen molar-refractivity contribution in [1.82, 2.24) is 9.46 Å². The van der Waals surface area contributed by atoms with E-state index < -0.39 is 27.2 Å². The van der Waals surface area contributed by atoms with Gasteiger partial charge in [0, 0.05) is 23.8 Å². The minimum Gasteiger partial charge on any atom is -0.755 e. The third-order valence-electron chi connectivity index (χ3n) is 6.36. The standard InChI is InChI=1S/C25H29ClN4O6S2/c1-15-11-16(2)14-29(13-15)38(34,35)21-8-6-20(7-9-21)27-25(31)22-12-19(26)5-10-23(22)30(37(32)33)24-17(3)28-36-18(24)4/h5-10,12,15-16H,11,13-14H2,1-4H3,(H,27,31)(H,32,33)/p-1. The second-order valence-corrected chi connectivity index (χ2v) is 12.8. The molecule has 2 heterocycles. The predicted molar refractivity (Wildman–Crippen MR) is 145 cm³/mol. The molecule has 1 amide bonds. The second kappa shape index (κ2) is 11.1. The molecule has 4 rings (SSSR count). The lowest BCUT2D eigenvalue weighted by molar-refractivity contribution is 0.102. The quantitative estimate of drug-likeness (QED) is 0.397. The van der Waals surface area contributed by atoms with Crippen molar-refractivity contribution in [1.29, 1.82) is 0 Å². The van der Waals surface area contributed by atoms with Crippen LogP contribution < -0.4 is 9.62 Å². The van der Waals surface area contributed by atoms with Crippen LogP contribution in [0.2, 0.25) is 5.02 Å². The van der Waals surface area contributed by atoms with E-state index in [0.717, 1.165) is 10.7 Å². The molecule has 0 aliphatic carbocycles. The molecule has 1 N–H and O–H groups in total. The molecule has 1 fully saturated rings. The summed E-state index contributed by atoms with van der Waals surface area (Å²) >= 11 is 3.33. The average molecular weight is 580 g/mol. The highest BCUT2D eigenvalue weighted by atomic mass is 35.5. The van der Waals surface area contributed by atoms with E-state index in [2.05, 4.69) is 10.5 Å². The van der Waals surface area contributed by atoms with Gasteiger partial charge in [0.2, 0.25) is 10.0 Å². The van der Waals surface area contributed by atoms with Crippen LogP contribution in [0.1, 0.15) is 42.1 Å². The molecule has 3 aromatic rings. The Bertz CT molecular complexity index is 1450. The van der Waals surface area contributed by atoms with E-state index >= 15 is 0 Å². The van der Waals surface area contributed by atoms with Crippen LogP contribution in [0.15, 0.2) is 51.9 Å². The molecular formula is C25H28ClN4O6S2-. The summed E-state index contributed by atoms with van der Waals surface area (Å²) < 4.78 is 58.4. The van der Waals surface area contributed by atoms with E-state index in [-0.39, 0.29) is 44.5 Å². The van der Waals surface area contributed by atoms with Gasteiger partial charge in [-0.3, -0.25) is 13.3 Å². The van der Waals surface area contributed by atoms with Crippen molar-refractivity contribution in [3.05, 3.63) is 64.5 Å². The van der Waals surface area contributed by atoms with Gasteiger partial charge >= 0.3 is 0 Å². The van der Waals surface area contributed by atoms with Gasteiger partial charge in [0.15, 0.2) is 5.76 Å². The Balaban J connectivity index is 1.61. The second-order valence-electron chi connectivity index (χ2n) is 9.59. The molecule has 204 valence electrons. The number of hydrogen-bond acceptors (Lipinski definition) is 7. The predicted octanol–water partition coefficient (Wildman–Crippen LogP) is 4.80. The number of anilines is 3. The van der Waals surface area contributed by atoms with Crippen LogP contribution in [0.3, 0.4) is 0 Å². The molecule has 2 aromatic carbocycles. The fourth-order valence-corrected chi connectivity index (χ4v) is 7.35. The number of rotatable bonds is 7. The smallest absolute Gasteiger partial charge is 0.257 e. The highest BCUT2D eigenvalue weighted by Crippen LogP contribution is 2.36. The first kappa shape index (κ1) is 28.2. The normalized spacial score (nSPS) is 19.2. The van der Waals surface area contributed by atoms with Crippen molar-refractivity contribution in [2.75, 3.05) is 22.7 Å². The zero-order valence-corrected chi connectivity index (χ0v) is 23.7. The van der Waals surface area contributed by atoms with Gasteiger partial charge in [-0.15, -0.1) is 0 Å². The zero-order valence-electron chi connectivity index (χ0n) is 21.3. The molecule has 1 aromatic heterocycles. The van der Waals surface area contributed by atoms with Crippen LogP contribution in [0.4, 0.5) is 17.1 Å². The van der Waals surface area contributed by atoms with Crippen molar-refractivity contribution in [3.8, 4) is 0 Å². The molecule has 3 atom stereocenters. The van der Waals surface area contributed by atoms with Crippen molar-refractivity contribution < 1.29 is 26.5 Å². The molecule has 38 heavy (non-hydrogen) atoms. The van der Waals surface area contributed by atoms with Crippen molar-refractivity contribution in [3.63, 3.8) is 0 Å². The first-order valence-corrected chi connectivity index (χ1v) is 14.8. The van der Waals surface area contributed by atoms with Gasteiger partial charge in [0.1, 0.15) is 11.4 Å². The highest BCUT2D eigenvalue weighted by molar-refractivity contribution is 7.89. The number of halogens is 1. The van der Waals surface area contributed by atoms with E-state index in [0.29, 0.717) is 24.5 Å². The molecule has 0 bridgehead atoms. The summed E-state index contributed by atoms with van der Waals surface area (Å²) in [6.07, 6.45) is 0.982. The molecule has 0 spiro atoms. The summed E-state index contributed by atoms with van der Waals surface area (Å²) in [5.41, 5.74) is 0.858. The van der Waals surface area contributed by atoms with E-state index in [4.69, 9.17) is 16.1 Å². The van der Waals surface area contributed by atoms with Gasteiger partial charge in [0.25, 0.3) is 5.91 Å². The number of benzene rings is 2. The summed E-state index contributed by atoms with van der Waals surface area (Å²) in [4.78, 5) is 13.4. The summed E-state index contributed by atoms with van der Waals surface area (Å²) in [6, 6.07) is 10.1. The number of sulfonamides is 1. The Morgan fingerprint density at radius 2 is 1.79 bits per heavy atom. The van der Waals surface area contributed by atoms with E-state index in [1.165, 1.54) is 46.8 Å². The number of carbonyl (C=O) groups is 1. The molecule has 1 aliphatic heterocycles. The lowest BCUT2D eigenvalue weighted by Gasteiger charge is -2.34. The number of aryl methyl sites for hydroxylation is 2. The van der Waals surface area contributed by atoms with Gasteiger partial charge in [0.05, 0.1) is 27.4 Å². The minimum absolute atomic E-state index is 0.0188. The summed E-state index contributed by atoms with van der Waals surface area (Å²) in [7, 11) is -3.68. The van der Waals surface area contributed by atoms with E-state index in [1.54, 1.807) is 13.8 Å². The molecule has 1 aliphatic rings. The van der Waals surface area contributed by atoms with E-state index in [1.807, 2.05) is 13.8 Å². The number of hydrogen-bond donors (Lipinski definition) is 1. The first-order valence-electron chi connectivity index (χ1n) is 11.9. The number of nitrogens with one attached hydrogen (secondary N) is 1. The molecule has 13 heteroatoms.